The number of rotatable bonds is 6. The molecule has 1 atom stereocenters. The second-order valence-corrected chi connectivity index (χ2v) is 5.43. The number of hydrogen-bond donors (Lipinski definition) is 1. The molecule has 2 aromatic rings. The summed E-state index contributed by atoms with van der Waals surface area (Å²) in [5.74, 6) is 0.827. The lowest BCUT2D eigenvalue weighted by molar-refractivity contribution is 0.407. The quantitative estimate of drug-likeness (QED) is 0.798. The molecule has 20 heavy (non-hydrogen) atoms. The minimum atomic E-state index is -0.0543. The van der Waals surface area contributed by atoms with E-state index in [0.717, 1.165) is 16.9 Å². The lowest BCUT2D eigenvalue weighted by Gasteiger charge is -2.13. The molecule has 0 radical (unpaired) electrons. The van der Waals surface area contributed by atoms with Crippen molar-refractivity contribution in [3.05, 3.63) is 64.7 Å². The van der Waals surface area contributed by atoms with Gasteiger partial charge in [-0.05, 0) is 23.8 Å². The fraction of sp³-hybridized carbons (Fsp3) is 0.250. The van der Waals surface area contributed by atoms with Gasteiger partial charge in [-0.15, -0.1) is 11.6 Å². The molecule has 0 spiro atoms. The maximum absolute atomic E-state index is 6.36. The van der Waals surface area contributed by atoms with E-state index in [9.17, 15) is 0 Å². The summed E-state index contributed by atoms with van der Waals surface area (Å²) in [6.45, 7) is 1.35. The van der Waals surface area contributed by atoms with E-state index in [-0.39, 0.29) is 5.38 Å². The Kier molecular flexibility index (Phi) is 5.72. The van der Waals surface area contributed by atoms with Crippen LogP contribution >= 0.6 is 23.2 Å². The highest BCUT2D eigenvalue weighted by Gasteiger charge is 2.08. The highest BCUT2D eigenvalue weighted by Crippen LogP contribution is 2.23. The number of halogens is 2. The number of alkyl halides is 1. The van der Waals surface area contributed by atoms with Gasteiger partial charge in [0, 0.05) is 23.7 Å². The van der Waals surface area contributed by atoms with Crippen LogP contribution < -0.4 is 10.1 Å². The summed E-state index contributed by atoms with van der Waals surface area (Å²) >= 11 is 12.4. The average Bonchev–Trinajstić information content (AvgIpc) is 2.48. The van der Waals surface area contributed by atoms with E-state index in [1.165, 1.54) is 0 Å². The van der Waals surface area contributed by atoms with Crippen LogP contribution in [-0.4, -0.2) is 13.7 Å². The van der Waals surface area contributed by atoms with E-state index in [4.69, 9.17) is 27.9 Å². The Morgan fingerprint density at radius 2 is 1.90 bits per heavy atom. The van der Waals surface area contributed by atoms with E-state index >= 15 is 0 Å². The number of nitrogens with one attached hydrogen (secondary N) is 1. The molecule has 2 nitrogen and oxygen atoms in total. The normalized spacial score (nSPS) is 12.2. The molecule has 4 heteroatoms. The van der Waals surface area contributed by atoms with Crippen LogP contribution in [0.25, 0.3) is 0 Å². The Labute approximate surface area is 129 Å². The third-order valence-electron chi connectivity index (χ3n) is 3.04. The highest BCUT2D eigenvalue weighted by atomic mass is 35.5. The molecule has 2 rings (SSSR count). The van der Waals surface area contributed by atoms with Gasteiger partial charge in [0.25, 0.3) is 0 Å². The highest BCUT2D eigenvalue weighted by molar-refractivity contribution is 6.30. The first kappa shape index (κ1) is 15.2. The smallest absolute Gasteiger partial charge is 0.123 e. The van der Waals surface area contributed by atoms with Crippen LogP contribution in [0.2, 0.25) is 5.02 Å². The summed E-state index contributed by atoms with van der Waals surface area (Å²) in [5, 5.41) is 3.98. The molecule has 0 heterocycles. The Morgan fingerprint density at radius 3 is 2.60 bits per heavy atom. The summed E-state index contributed by atoms with van der Waals surface area (Å²) in [5.41, 5.74) is 2.14. The SMILES string of the molecule is COc1ccc(Cl)cc1CNCC(Cl)c1ccccc1. The van der Waals surface area contributed by atoms with Crippen LogP contribution in [0.4, 0.5) is 0 Å². The van der Waals surface area contributed by atoms with Gasteiger partial charge < -0.3 is 10.1 Å². The zero-order chi connectivity index (χ0) is 14.4. The first-order chi connectivity index (χ1) is 9.70. The maximum Gasteiger partial charge on any atom is 0.123 e. The molecule has 0 saturated heterocycles. The van der Waals surface area contributed by atoms with Crippen molar-refractivity contribution in [3.63, 3.8) is 0 Å². The molecule has 2 aromatic carbocycles. The minimum absolute atomic E-state index is 0.0543. The van der Waals surface area contributed by atoms with Crippen molar-refractivity contribution < 1.29 is 4.74 Å². The second kappa shape index (κ2) is 7.53. The first-order valence-corrected chi connectivity index (χ1v) is 7.24. The van der Waals surface area contributed by atoms with Gasteiger partial charge >= 0.3 is 0 Å². The molecular weight excluding hydrogens is 293 g/mol. The second-order valence-electron chi connectivity index (χ2n) is 4.47. The van der Waals surface area contributed by atoms with Crippen molar-refractivity contribution in [2.45, 2.75) is 11.9 Å². The van der Waals surface area contributed by atoms with Crippen LogP contribution in [0.3, 0.4) is 0 Å². The van der Waals surface area contributed by atoms with Gasteiger partial charge in [-0.25, -0.2) is 0 Å². The first-order valence-electron chi connectivity index (χ1n) is 6.43. The molecule has 0 aliphatic carbocycles. The molecule has 1 unspecified atom stereocenters. The number of hydrogen-bond acceptors (Lipinski definition) is 2. The summed E-state index contributed by atoms with van der Waals surface area (Å²) in [7, 11) is 1.65. The summed E-state index contributed by atoms with van der Waals surface area (Å²) < 4.78 is 5.31. The van der Waals surface area contributed by atoms with Crippen molar-refractivity contribution in [1.82, 2.24) is 5.32 Å². The number of ether oxygens (including phenoxy) is 1. The summed E-state index contributed by atoms with van der Waals surface area (Å²) in [6.07, 6.45) is 0. The van der Waals surface area contributed by atoms with E-state index in [1.54, 1.807) is 7.11 Å². The molecule has 0 amide bonds. The van der Waals surface area contributed by atoms with E-state index < -0.39 is 0 Å². The molecule has 0 bridgehead atoms. The van der Waals surface area contributed by atoms with Crippen LogP contribution in [0.1, 0.15) is 16.5 Å². The number of benzene rings is 2. The molecule has 0 aliphatic heterocycles. The molecule has 0 aromatic heterocycles. The summed E-state index contributed by atoms with van der Waals surface area (Å²) in [4.78, 5) is 0. The number of methoxy groups -OCH3 is 1. The van der Waals surface area contributed by atoms with Crippen molar-refractivity contribution in [1.29, 1.82) is 0 Å². The van der Waals surface area contributed by atoms with E-state index in [0.29, 0.717) is 18.1 Å². The predicted octanol–water partition coefficient (Wildman–Crippen LogP) is 4.42. The van der Waals surface area contributed by atoms with Gasteiger partial charge in [0.15, 0.2) is 0 Å². The zero-order valence-electron chi connectivity index (χ0n) is 11.3. The van der Waals surface area contributed by atoms with Gasteiger partial charge in [-0.3, -0.25) is 0 Å². The van der Waals surface area contributed by atoms with Crippen LogP contribution in [0.15, 0.2) is 48.5 Å². The van der Waals surface area contributed by atoms with Crippen LogP contribution in [-0.2, 0) is 6.54 Å². The van der Waals surface area contributed by atoms with Gasteiger partial charge in [0.1, 0.15) is 5.75 Å². The zero-order valence-corrected chi connectivity index (χ0v) is 12.8. The Balaban J connectivity index is 1.91. The molecular formula is C16H17Cl2NO. The third-order valence-corrected chi connectivity index (χ3v) is 3.68. The van der Waals surface area contributed by atoms with Gasteiger partial charge in [-0.1, -0.05) is 41.9 Å². The Morgan fingerprint density at radius 1 is 1.15 bits per heavy atom. The fourth-order valence-electron chi connectivity index (χ4n) is 2.00. The molecule has 0 aliphatic rings. The van der Waals surface area contributed by atoms with Gasteiger partial charge in [0.05, 0.1) is 12.5 Å². The largest absolute Gasteiger partial charge is 0.496 e. The van der Waals surface area contributed by atoms with Crippen molar-refractivity contribution in [3.8, 4) is 5.75 Å². The Bertz CT molecular complexity index is 545. The minimum Gasteiger partial charge on any atom is -0.496 e. The van der Waals surface area contributed by atoms with Crippen molar-refractivity contribution in [2.24, 2.45) is 0 Å². The summed E-state index contributed by atoms with van der Waals surface area (Å²) in [6, 6.07) is 15.6. The molecule has 1 N–H and O–H groups in total. The van der Waals surface area contributed by atoms with E-state index in [2.05, 4.69) is 5.32 Å². The topological polar surface area (TPSA) is 21.3 Å². The van der Waals surface area contributed by atoms with E-state index in [1.807, 2.05) is 48.5 Å². The molecule has 106 valence electrons. The maximum atomic E-state index is 6.36. The molecule has 0 saturated carbocycles. The lowest BCUT2D eigenvalue weighted by atomic mass is 10.1. The van der Waals surface area contributed by atoms with Crippen LogP contribution in [0.5, 0.6) is 5.75 Å². The monoisotopic (exact) mass is 309 g/mol. The van der Waals surface area contributed by atoms with Crippen molar-refractivity contribution >= 4 is 23.2 Å². The standard InChI is InChI=1S/C16H17Cl2NO/c1-20-16-8-7-14(17)9-13(16)10-19-11-15(18)12-5-3-2-4-6-12/h2-9,15,19H,10-11H2,1H3. The fourth-order valence-corrected chi connectivity index (χ4v) is 2.45. The lowest BCUT2D eigenvalue weighted by Crippen LogP contribution is -2.19. The molecule has 0 fully saturated rings. The van der Waals surface area contributed by atoms with Crippen LogP contribution in [0, 0.1) is 0 Å². The third kappa shape index (κ3) is 4.14. The van der Waals surface area contributed by atoms with Gasteiger partial charge in [0.2, 0.25) is 0 Å². The van der Waals surface area contributed by atoms with Gasteiger partial charge in [-0.2, -0.15) is 0 Å². The average molecular weight is 310 g/mol. The Hall–Kier alpha value is -1.22. The predicted molar refractivity (Wildman–Crippen MR) is 84.7 cm³/mol. The van der Waals surface area contributed by atoms with Crippen molar-refractivity contribution in [2.75, 3.05) is 13.7 Å².